The van der Waals surface area contributed by atoms with Crippen molar-refractivity contribution >= 4 is 11.7 Å². The Hall–Kier alpha value is -2.36. The van der Waals surface area contributed by atoms with Crippen LogP contribution in [0.5, 0.6) is 0 Å². The van der Waals surface area contributed by atoms with E-state index in [2.05, 4.69) is 9.88 Å². The molecule has 19 heavy (non-hydrogen) atoms. The van der Waals surface area contributed by atoms with Gasteiger partial charge in [-0.05, 0) is 35.7 Å². The third-order valence-electron chi connectivity index (χ3n) is 3.42. The Labute approximate surface area is 111 Å². The second kappa shape index (κ2) is 4.72. The van der Waals surface area contributed by atoms with Gasteiger partial charge in [-0.1, -0.05) is 12.1 Å². The normalized spacial score (nSPS) is 13.4. The zero-order chi connectivity index (χ0) is 13.2. The van der Waals surface area contributed by atoms with Crippen LogP contribution in [0.4, 0.5) is 5.69 Å². The Balaban J connectivity index is 1.88. The lowest BCUT2D eigenvalue weighted by Gasteiger charge is -2.19. The van der Waals surface area contributed by atoms with E-state index < -0.39 is 5.97 Å². The number of hydrogen-bond acceptors (Lipinski definition) is 3. The van der Waals surface area contributed by atoms with Crippen molar-refractivity contribution in [2.75, 3.05) is 11.4 Å². The molecule has 0 bridgehead atoms. The van der Waals surface area contributed by atoms with E-state index in [4.69, 9.17) is 5.11 Å². The molecule has 4 heteroatoms. The van der Waals surface area contributed by atoms with Crippen LogP contribution < -0.4 is 4.90 Å². The first-order valence-electron chi connectivity index (χ1n) is 6.24. The molecule has 2 heterocycles. The Bertz CT molecular complexity index is 611. The summed E-state index contributed by atoms with van der Waals surface area (Å²) < 4.78 is 0. The van der Waals surface area contributed by atoms with Crippen LogP contribution in [0.15, 0.2) is 42.7 Å². The van der Waals surface area contributed by atoms with E-state index in [0.29, 0.717) is 5.56 Å². The molecule has 1 aromatic carbocycles. The SMILES string of the molecule is O=C(O)c1ccc2c(c1)N(Cc1cccnc1)CC2. The highest BCUT2D eigenvalue weighted by atomic mass is 16.4. The van der Waals surface area contributed by atoms with Crippen molar-refractivity contribution in [1.29, 1.82) is 0 Å². The molecule has 1 aliphatic rings. The number of aromatic nitrogens is 1. The van der Waals surface area contributed by atoms with E-state index in [0.717, 1.165) is 30.8 Å². The van der Waals surface area contributed by atoms with Gasteiger partial charge in [0.2, 0.25) is 0 Å². The molecule has 0 saturated carbocycles. The van der Waals surface area contributed by atoms with E-state index in [1.54, 1.807) is 18.3 Å². The van der Waals surface area contributed by atoms with Gasteiger partial charge in [0, 0.05) is 31.2 Å². The van der Waals surface area contributed by atoms with Gasteiger partial charge in [-0.25, -0.2) is 4.79 Å². The lowest BCUT2D eigenvalue weighted by atomic mass is 10.1. The lowest BCUT2D eigenvalue weighted by molar-refractivity contribution is 0.0697. The number of carbonyl (C=O) groups is 1. The molecule has 0 spiro atoms. The van der Waals surface area contributed by atoms with Crippen molar-refractivity contribution in [1.82, 2.24) is 4.98 Å². The highest BCUT2D eigenvalue weighted by Gasteiger charge is 2.20. The van der Waals surface area contributed by atoms with Gasteiger partial charge in [-0.2, -0.15) is 0 Å². The number of anilines is 1. The molecule has 0 radical (unpaired) electrons. The first kappa shape index (κ1) is 11.7. The Morgan fingerprint density at radius 2 is 2.26 bits per heavy atom. The van der Waals surface area contributed by atoms with Gasteiger partial charge in [0.15, 0.2) is 0 Å². The maximum atomic E-state index is 11.0. The van der Waals surface area contributed by atoms with Crippen molar-refractivity contribution in [3.8, 4) is 0 Å². The fourth-order valence-electron chi connectivity index (χ4n) is 2.45. The van der Waals surface area contributed by atoms with Crippen LogP contribution in [0, 0.1) is 0 Å². The molecule has 4 nitrogen and oxygen atoms in total. The van der Waals surface area contributed by atoms with E-state index in [1.807, 2.05) is 24.4 Å². The highest BCUT2D eigenvalue weighted by Crippen LogP contribution is 2.30. The van der Waals surface area contributed by atoms with Crippen molar-refractivity contribution in [2.24, 2.45) is 0 Å². The molecule has 3 rings (SSSR count). The second-order valence-corrected chi connectivity index (χ2v) is 4.68. The number of rotatable bonds is 3. The van der Waals surface area contributed by atoms with Crippen molar-refractivity contribution in [2.45, 2.75) is 13.0 Å². The number of nitrogens with zero attached hydrogens (tertiary/aromatic N) is 2. The first-order valence-corrected chi connectivity index (χ1v) is 6.24. The topological polar surface area (TPSA) is 53.4 Å². The predicted octanol–water partition coefficient (Wildman–Crippen LogP) is 2.34. The molecule has 2 aromatic rings. The molecule has 1 aliphatic heterocycles. The van der Waals surface area contributed by atoms with Gasteiger partial charge in [0.25, 0.3) is 0 Å². The van der Waals surface area contributed by atoms with E-state index in [-0.39, 0.29) is 0 Å². The third-order valence-corrected chi connectivity index (χ3v) is 3.42. The molecule has 0 atom stereocenters. The molecule has 0 fully saturated rings. The standard InChI is InChI=1S/C15H14N2O2/c18-15(19)13-4-3-12-5-7-17(14(12)8-13)10-11-2-1-6-16-9-11/h1-4,6,8-9H,5,7,10H2,(H,18,19). The van der Waals surface area contributed by atoms with E-state index >= 15 is 0 Å². The van der Waals surface area contributed by atoms with Crippen LogP contribution in [0.3, 0.4) is 0 Å². The summed E-state index contributed by atoms with van der Waals surface area (Å²) >= 11 is 0. The molecule has 0 unspecified atom stereocenters. The highest BCUT2D eigenvalue weighted by molar-refractivity contribution is 5.89. The van der Waals surface area contributed by atoms with Gasteiger partial charge in [0.05, 0.1) is 5.56 Å². The molecular formula is C15H14N2O2. The van der Waals surface area contributed by atoms with E-state index in [9.17, 15) is 4.79 Å². The van der Waals surface area contributed by atoms with Gasteiger partial charge in [0.1, 0.15) is 0 Å². The second-order valence-electron chi connectivity index (χ2n) is 4.68. The number of hydrogen-bond donors (Lipinski definition) is 1. The molecule has 0 aliphatic carbocycles. The van der Waals surface area contributed by atoms with E-state index in [1.165, 1.54) is 5.56 Å². The van der Waals surface area contributed by atoms with Gasteiger partial charge >= 0.3 is 5.97 Å². The zero-order valence-corrected chi connectivity index (χ0v) is 10.4. The minimum Gasteiger partial charge on any atom is -0.478 e. The fourth-order valence-corrected chi connectivity index (χ4v) is 2.45. The predicted molar refractivity (Wildman–Crippen MR) is 72.4 cm³/mol. The number of aromatic carboxylic acids is 1. The van der Waals surface area contributed by atoms with Gasteiger partial charge in [-0.3, -0.25) is 4.98 Å². The quantitative estimate of drug-likeness (QED) is 0.913. The van der Waals surface area contributed by atoms with Crippen molar-refractivity contribution < 1.29 is 9.90 Å². The van der Waals surface area contributed by atoms with Crippen LogP contribution in [0.2, 0.25) is 0 Å². The van der Waals surface area contributed by atoms with Crippen LogP contribution in [-0.4, -0.2) is 22.6 Å². The zero-order valence-electron chi connectivity index (χ0n) is 10.4. The number of carboxylic acid groups (broad SMARTS) is 1. The molecule has 0 amide bonds. The summed E-state index contributed by atoms with van der Waals surface area (Å²) in [6.07, 6.45) is 4.57. The van der Waals surface area contributed by atoms with Crippen molar-refractivity contribution in [3.63, 3.8) is 0 Å². The molecule has 0 saturated heterocycles. The van der Waals surface area contributed by atoms with Crippen LogP contribution >= 0.6 is 0 Å². The summed E-state index contributed by atoms with van der Waals surface area (Å²) in [5.74, 6) is -0.879. The number of fused-ring (bicyclic) bond motifs is 1. The Morgan fingerprint density at radius 3 is 3.00 bits per heavy atom. The largest absolute Gasteiger partial charge is 0.478 e. The minimum atomic E-state index is -0.879. The number of benzene rings is 1. The van der Waals surface area contributed by atoms with Crippen LogP contribution in [-0.2, 0) is 13.0 Å². The average Bonchev–Trinajstić information content (AvgIpc) is 2.82. The summed E-state index contributed by atoms with van der Waals surface area (Å²) in [6.45, 7) is 1.69. The number of pyridine rings is 1. The Kier molecular flexibility index (Phi) is 2.91. The summed E-state index contributed by atoms with van der Waals surface area (Å²) in [6, 6.07) is 9.31. The summed E-state index contributed by atoms with van der Waals surface area (Å²) in [4.78, 5) is 17.4. The fraction of sp³-hybridized carbons (Fsp3) is 0.200. The average molecular weight is 254 g/mol. The molecular weight excluding hydrogens is 240 g/mol. The van der Waals surface area contributed by atoms with Crippen molar-refractivity contribution in [3.05, 3.63) is 59.4 Å². The van der Waals surface area contributed by atoms with Crippen LogP contribution in [0.25, 0.3) is 0 Å². The van der Waals surface area contributed by atoms with Gasteiger partial charge < -0.3 is 10.0 Å². The molecule has 96 valence electrons. The molecule has 1 N–H and O–H groups in total. The van der Waals surface area contributed by atoms with Crippen LogP contribution in [0.1, 0.15) is 21.5 Å². The number of carboxylic acids is 1. The molecule has 1 aromatic heterocycles. The smallest absolute Gasteiger partial charge is 0.335 e. The maximum Gasteiger partial charge on any atom is 0.335 e. The monoisotopic (exact) mass is 254 g/mol. The first-order chi connectivity index (χ1) is 9.24. The summed E-state index contributed by atoms with van der Waals surface area (Å²) in [7, 11) is 0. The third kappa shape index (κ3) is 2.29. The summed E-state index contributed by atoms with van der Waals surface area (Å²) in [5, 5.41) is 9.06. The summed E-state index contributed by atoms with van der Waals surface area (Å²) in [5.41, 5.74) is 3.73. The maximum absolute atomic E-state index is 11.0. The minimum absolute atomic E-state index is 0.344. The lowest BCUT2D eigenvalue weighted by Crippen LogP contribution is -2.19. The Morgan fingerprint density at radius 1 is 1.37 bits per heavy atom. The van der Waals surface area contributed by atoms with Gasteiger partial charge in [-0.15, -0.1) is 0 Å².